The molecule has 0 spiro atoms. The molecule has 0 aliphatic heterocycles. The van der Waals surface area contributed by atoms with E-state index in [9.17, 15) is 0 Å². The Labute approximate surface area is 158 Å². The standard InChI is InChI=1S/C22H44O2Si/c1-21(2,3)17-9-13-19(14-10-17)25(23-7,24-8)20-15-11-18(12-16-20)22(4,5)6/h17-20H,9-16H2,1-8H3. The highest BCUT2D eigenvalue weighted by Gasteiger charge is 2.53. The van der Waals surface area contributed by atoms with Crippen LogP contribution in [0.15, 0.2) is 0 Å². The second-order valence-electron chi connectivity index (χ2n) is 11.0. The normalized spacial score (nSPS) is 32.6. The first-order chi connectivity index (χ1) is 11.5. The molecule has 2 nitrogen and oxygen atoms in total. The average Bonchev–Trinajstić information content (AvgIpc) is 2.56. The predicted molar refractivity (Wildman–Crippen MR) is 110 cm³/mol. The van der Waals surface area contributed by atoms with Crippen LogP contribution in [-0.4, -0.2) is 22.8 Å². The maximum Gasteiger partial charge on any atom is 0.344 e. The Bertz CT molecular complexity index is 365. The third kappa shape index (κ3) is 4.71. The molecule has 0 heterocycles. The second-order valence-corrected chi connectivity index (χ2v) is 14.9. The summed E-state index contributed by atoms with van der Waals surface area (Å²) in [6, 6.07) is 0. The molecule has 0 amide bonds. The highest BCUT2D eigenvalue weighted by atomic mass is 28.4. The van der Waals surface area contributed by atoms with Gasteiger partial charge < -0.3 is 8.85 Å². The predicted octanol–water partition coefficient (Wildman–Crippen LogP) is 6.93. The van der Waals surface area contributed by atoms with Crippen LogP contribution in [0.3, 0.4) is 0 Å². The second kappa shape index (κ2) is 8.02. The largest absolute Gasteiger partial charge is 0.397 e. The van der Waals surface area contributed by atoms with Crippen molar-refractivity contribution >= 4 is 8.56 Å². The Kier molecular flexibility index (Phi) is 6.88. The van der Waals surface area contributed by atoms with Gasteiger partial charge in [-0.05, 0) is 74.0 Å². The van der Waals surface area contributed by atoms with Crippen molar-refractivity contribution in [3.05, 3.63) is 0 Å². The van der Waals surface area contributed by atoms with Gasteiger partial charge in [-0.1, -0.05) is 41.5 Å². The molecule has 2 fully saturated rings. The number of hydrogen-bond acceptors (Lipinski definition) is 2. The Balaban J connectivity index is 2.05. The van der Waals surface area contributed by atoms with Gasteiger partial charge in [0.2, 0.25) is 0 Å². The monoisotopic (exact) mass is 368 g/mol. The van der Waals surface area contributed by atoms with E-state index < -0.39 is 8.56 Å². The topological polar surface area (TPSA) is 18.5 Å². The molecule has 2 aliphatic carbocycles. The molecule has 0 aromatic heterocycles. The quantitative estimate of drug-likeness (QED) is 0.501. The van der Waals surface area contributed by atoms with Crippen LogP contribution in [0.4, 0.5) is 0 Å². The molecule has 0 unspecified atom stereocenters. The molecule has 2 rings (SSSR count). The molecule has 25 heavy (non-hydrogen) atoms. The van der Waals surface area contributed by atoms with Crippen LogP contribution in [0.5, 0.6) is 0 Å². The third-order valence-electron chi connectivity index (χ3n) is 7.68. The van der Waals surface area contributed by atoms with Crippen LogP contribution < -0.4 is 0 Å². The van der Waals surface area contributed by atoms with Gasteiger partial charge in [0.1, 0.15) is 0 Å². The Morgan fingerprint density at radius 1 is 0.560 bits per heavy atom. The lowest BCUT2D eigenvalue weighted by molar-refractivity contribution is 0.132. The maximum absolute atomic E-state index is 6.32. The molecule has 0 aromatic carbocycles. The molecule has 148 valence electrons. The Hall–Kier alpha value is 0.137. The zero-order valence-corrected chi connectivity index (χ0v) is 19.3. The molecule has 0 bridgehead atoms. The fourth-order valence-corrected chi connectivity index (χ4v) is 10.2. The van der Waals surface area contributed by atoms with Crippen molar-refractivity contribution in [1.82, 2.24) is 0 Å². The molecular formula is C22H44O2Si. The molecule has 2 saturated carbocycles. The van der Waals surface area contributed by atoms with Crippen molar-refractivity contribution in [1.29, 1.82) is 0 Å². The van der Waals surface area contributed by atoms with E-state index in [1.807, 2.05) is 14.2 Å². The minimum absolute atomic E-state index is 0.445. The van der Waals surface area contributed by atoms with E-state index in [0.717, 1.165) is 11.8 Å². The van der Waals surface area contributed by atoms with E-state index in [2.05, 4.69) is 41.5 Å². The summed E-state index contributed by atoms with van der Waals surface area (Å²) in [7, 11) is 1.77. The zero-order valence-electron chi connectivity index (χ0n) is 18.3. The van der Waals surface area contributed by atoms with Gasteiger partial charge in [-0.15, -0.1) is 0 Å². The highest BCUT2D eigenvalue weighted by Crippen LogP contribution is 2.53. The summed E-state index contributed by atoms with van der Waals surface area (Å²) >= 11 is 0. The van der Waals surface area contributed by atoms with Gasteiger partial charge in [0.15, 0.2) is 0 Å². The van der Waals surface area contributed by atoms with E-state index in [4.69, 9.17) is 8.85 Å². The van der Waals surface area contributed by atoms with E-state index in [1.165, 1.54) is 51.4 Å². The van der Waals surface area contributed by atoms with Gasteiger partial charge in [-0.3, -0.25) is 0 Å². The van der Waals surface area contributed by atoms with Gasteiger partial charge in [0, 0.05) is 25.3 Å². The number of hydrogen-bond donors (Lipinski definition) is 0. The lowest BCUT2D eigenvalue weighted by Crippen LogP contribution is -2.52. The summed E-state index contributed by atoms with van der Waals surface area (Å²) < 4.78 is 12.6. The van der Waals surface area contributed by atoms with Crippen molar-refractivity contribution in [2.75, 3.05) is 14.2 Å². The van der Waals surface area contributed by atoms with Gasteiger partial charge in [0.05, 0.1) is 0 Å². The zero-order chi connectivity index (χ0) is 18.9. The van der Waals surface area contributed by atoms with Crippen molar-refractivity contribution in [3.8, 4) is 0 Å². The van der Waals surface area contributed by atoms with Gasteiger partial charge in [-0.25, -0.2) is 0 Å². The van der Waals surface area contributed by atoms with Crippen LogP contribution in [0, 0.1) is 22.7 Å². The molecule has 2 aliphatic rings. The van der Waals surface area contributed by atoms with Gasteiger partial charge in [-0.2, -0.15) is 0 Å². The molecule has 0 aromatic rings. The fraction of sp³-hybridized carbons (Fsp3) is 1.00. The lowest BCUT2D eigenvalue weighted by Gasteiger charge is -2.48. The van der Waals surface area contributed by atoms with E-state index >= 15 is 0 Å². The summed E-state index contributed by atoms with van der Waals surface area (Å²) in [6.45, 7) is 14.4. The molecular weight excluding hydrogens is 324 g/mol. The van der Waals surface area contributed by atoms with Crippen molar-refractivity contribution in [3.63, 3.8) is 0 Å². The Morgan fingerprint density at radius 3 is 1.04 bits per heavy atom. The van der Waals surface area contributed by atoms with Crippen molar-refractivity contribution in [2.45, 2.75) is 104 Å². The average molecular weight is 369 g/mol. The lowest BCUT2D eigenvalue weighted by atomic mass is 9.72. The van der Waals surface area contributed by atoms with Crippen LogP contribution in [0.25, 0.3) is 0 Å². The minimum atomic E-state index is -2.12. The summed E-state index contributed by atoms with van der Waals surface area (Å²) in [5, 5.41) is 0. The Morgan fingerprint density at radius 2 is 0.840 bits per heavy atom. The van der Waals surface area contributed by atoms with Crippen LogP contribution in [-0.2, 0) is 8.85 Å². The van der Waals surface area contributed by atoms with Gasteiger partial charge in [0.25, 0.3) is 0 Å². The van der Waals surface area contributed by atoms with Crippen LogP contribution >= 0.6 is 0 Å². The molecule has 0 radical (unpaired) electrons. The first-order valence-electron chi connectivity index (χ1n) is 10.6. The van der Waals surface area contributed by atoms with Crippen LogP contribution in [0.1, 0.15) is 92.9 Å². The molecule has 0 N–H and O–H groups in total. The van der Waals surface area contributed by atoms with E-state index in [0.29, 0.717) is 21.9 Å². The minimum Gasteiger partial charge on any atom is -0.397 e. The fourth-order valence-electron chi connectivity index (χ4n) is 5.81. The van der Waals surface area contributed by atoms with Crippen LogP contribution in [0.2, 0.25) is 11.1 Å². The first kappa shape index (κ1) is 21.4. The van der Waals surface area contributed by atoms with Crippen molar-refractivity contribution in [2.24, 2.45) is 22.7 Å². The summed E-state index contributed by atoms with van der Waals surface area (Å²) in [4.78, 5) is 0. The summed E-state index contributed by atoms with van der Waals surface area (Å²) in [5.41, 5.74) is 2.27. The van der Waals surface area contributed by atoms with Crippen molar-refractivity contribution < 1.29 is 8.85 Å². The first-order valence-corrected chi connectivity index (χ1v) is 12.6. The molecule has 3 heteroatoms. The highest BCUT2D eigenvalue weighted by molar-refractivity contribution is 6.70. The maximum atomic E-state index is 6.32. The summed E-state index contributed by atoms with van der Waals surface area (Å²) in [6.07, 6.45) is 10.7. The SMILES string of the molecule is CO[Si](OC)(C1CCC(C(C)(C)C)CC1)C1CCC(C(C)(C)C)CC1. The molecule has 0 atom stereocenters. The molecule has 0 saturated heterocycles. The third-order valence-corrected chi connectivity index (χ3v) is 12.4. The summed E-state index contributed by atoms with van der Waals surface area (Å²) in [5.74, 6) is 1.72. The smallest absolute Gasteiger partial charge is 0.344 e. The van der Waals surface area contributed by atoms with E-state index in [-0.39, 0.29) is 0 Å². The number of rotatable bonds is 4. The van der Waals surface area contributed by atoms with E-state index in [1.54, 1.807) is 0 Å². The van der Waals surface area contributed by atoms with Gasteiger partial charge >= 0.3 is 8.56 Å².